The van der Waals surface area contributed by atoms with E-state index in [1.165, 1.54) is 4.90 Å². The van der Waals surface area contributed by atoms with Gasteiger partial charge in [-0.25, -0.2) is 4.79 Å². The molecule has 2 amide bonds. The van der Waals surface area contributed by atoms with Crippen LogP contribution in [0.25, 0.3) is 11.3 Å². The molecular formula is C27H29F3N4O4. The number of nitrogens with one attached hydrogen (secondary N) is 1. The number of nitrogens with zero attached hydrogens (tertiary/aromatic N) is 3. The lowest BCUT2D eigenvalue weighted by atomic mass is 9.95. The average Bonchev–Trinajstić information content (AvgIpc) is 3.42. The molecule has 1 atom stereocenters. The Morgan fingerprint density at radius 2 is 1.71 bits per heavy atom. The highest BCUT2D eigenvalue weighted by Crippen LogP contribution is 2.33. The van der Waals surface area contributed by atoms with Crippen molar-refractivity contribution < 1.29 is 32.0 Å². The summed E-state index contributed by atoms with van der Waals surface area (Å²) in [6.07, 6.45) is -5.36. The summed E-state index contributed by atoms with van der Waals surface area (Å²) in [6.45, 7) is 2.59. The molecular weight excluding hydrogens is 501 g/mol. The molecule has 2 aromatic carbocycles. The fourth-order valence-electron chi connectivity index (χ4n) is 4.31. The van der Waals surface area contributed by atoms with Crippen LogP contribution in [0.5, 0.6) is 0 Å². The van der Waals surface area contributed by atoms with Crippen LogP contribution in [0.1, 0.15) is 25.2 Å². The Balaban J connectivity index is 1.51. The van der Waals surface area contributed by atoms with Crippen molar-refractivity contribution in [2.75, 3.05) is 26.2 Å². The predicted molar refractivity (Wildman–Crippen MR) is 133 cm³/mol. The highest BCUT2D eigenvalue weighted by Gasteiger charge is 2.43. The molecule has 1 aromatic heterocycles. The monoisotopic (exact) mass is 530 g/mol. The molecule has 1 aliphatic rings. The Morgan fingerprint density at radius 3 is 2.37 bits per heavy atom. The Hall–Kier alpha value is -3.86. The van der Waals surface area contributed by atoms with Crippen molar-refractivity contribution in [2.24, 2.45) is 0 Å². The molecule has 0 spiro atoms. The molecule has 3 aromatic rings. The van der Waals surface area contributed by atoms with Gasteiger partial charge in [0.25, 0.3) is 0 Å². The molecule has 2 heterocycles. The molecule has 0 saturated carbocycles. The summed E-state index contributed by atoms with van der Waals surface area (Å²) in [5.41, 5.74) is 1.48. The predicted octanol–water partition coefficient (Wildman–Crippen LogP) is 4.58. The first-order valence-corrected chi connectivity index (χ1v) is 12.1. The zero-order chi connectivity index (χ0) is 27.3. The van der Waals surface area contributed by atoms with Gasteiger partial charge in [-0.3, -0.25) is 14.6 Å². The van der Waals surface area contributed by atoms with Gasteiger partial charge in [0.1, 0.15) is 24.9 Å². The van der Waals surface area contributed by atoms with Crippen LogP contribution < -0.4 is 5.32 Å². The fourth-order valence-corrected chi connectivity index (χ4v) is 4.31. The molecule has 11 heteroatoms. The number of hydrogen-bond acceptors (Lipinski definition) is 6. The van der Waals surface area contributed by atoms with Crippen LogP contribution in [0.15, 0.2) is 71.3 Å². The second kappa shape index (κ2) is 11.3. The summed E-state index contributed by atoms with van der Waals surface area (Å²) >= 11 is 0. The zero-order valence-corrected chi connectivity index (χ0v) is 21.1. The minimum Gasteiger partial charge on any atom is -0.445 e. The highest BCUT2D eigenvalue weighted by molar-refractivity contribution is 5.86. The first-order chi connectivity index (χ1) is 18.0. The number of hydrogen-bond donors (Lipinski definition) is 1. The summed E-state index contributed by atoms with van der Waals surface area (Å²) in [5, 5.41) is 6.08. The zero-order valence-electron chi connectivity index (χ0n) is 21.1. The molecule has 1 unspecified atom stereocenters. The van der Waals surface area contributed by atoms with Gasteiger partial charge < -0.3 is 14.6 Å². The van der Waals surface area contributed by atoms with Crippen LogP contribution >= 0.6 is 0 Å². The number of halogens is 3. The summed E-state index contributed by atoms with van der Waals surface area (Å²) in [4.78, 5) is 28.9. The van der Waals surface area contributed by atoms with Crippen LogP contribution in [0, 0.1) is 0 Å². The van der Waals surface area contributed by atoms with Crippen molar-refractivity contribution >= 4 is 12.0 Å². The molecule has 1 N–H and O–H groups in total. The number of rotatable bonds is 7. The number of amides is 2. The van der Waals surface area contributed by atoms with Crippen molar-refractivity contribution in [3.05, 3.63) is 78.1 Å². The molecule has 0 bridgehead atoms. The number of ether oxygens (including phenoxy) is 1. The van der Waals surface area contributed by atoms with Crippen molar-refractivity contribution in [1.82, 2.24) is 20.3 Å². The minimum absolute atomic E-state index is 0.0252. The van der Waals surface area contributed by atoms with Gasteiger partial charge in [0.05, 0.1) is 5.54 Å². The van der Waals surface area contributed by atoms with Gasteiger partial charge >= 0.3 is 12.3 Å². The quantitative estimate of drug-likeness (QED) is 0.481. The molecule has 1 fully saturated rings. The molecule has 202 valence electrons. The molecule has 8 nitrogen and oxygen atoms in total. The van der Waals surface area contributed by atoms with E-state index in [4.69, 9.17) is 9.26 Å². The first kappa shape index (κ1) is 27.2. The standard InChI is InChI=1S/C27H29F3N4O4/c1-26(2,23-15-21(32-38-23)20-11-7-4-8-12-20)33-13-14-34(22(16-33)24(35)31-18-27(28,29)30)25(36)37-17-19-9-5-3-6-10-19/h3-12,15,22H,13-14,16-18H2,1-2H3,(H,31,35). The lowest BCUT2D eigenvalue weighted by Gasteiger charge is -2.45. The third-order valence-corrected chi connectivity index (χ3v) is 6.56. The maximum atomic E-state index is 12.9. The van der Waals surface area contributed by atoms with E-state index in [0.29, 0.717) is 18.0 Å². The van der Waals surface area contributed by atoms with E-state index < -0.39 is 36.3 Å². The number of aromatic nitrogens is 1. The molecule has 38 heavy (non-hydrogen) atoms. The summed E-state index contributed by atoms with van der Waals surface area (Å²) in [6, 6.07) is 19.0. The number of piperazine rings is 1. The lowest BCUT2D eigenvalue weighted by Crippen LogP contribution is -2.63. The number of carbonyl (C=O) groups excluding carboxylic acids is 2. The van der Waals surface area contributed by atoms with Gasteiger partial charge in [0.15, 0.2) is 5.76 Å². The third kappa shape index (κ3) is 6.52. The number of carbonyl (C=O) groups is 2. The van der Waals surface area contributed by atoms with Gasteiger partial charge in [-0.05, 0) is 19.4 Å². The Labute approximate surface area is 218 Å². The minimum atomic E-state index is -4.59. The van der Waals surface area contributed by atoms with E-state index in [-0.39, 0.29) is 19.7 Å². The normalized spacial score (nSPS) is 16.8. The molecule has 4 rings (SSSR count). The topological polar surface area (TPSA) is 87.9 Å². The second-order valence-electron chi connectivity index (χ2n) is 9.53. The number of benzene rings is 2. The average molecular weight is 531 g/mol. The Kier molecular flexibility index (Phi) is 8.05. The lowest BCUT2D eigenvalue weighted by molar-refractivity contribution is -0.143. The van der Waals surface area contributed by atoms with E-state index >= 15 is 0 Å². The van der Waals surface area contributed by atoms with Gasteiger partial charge in [0, 0.05) is 31.3 Å². The largest absolute Gasteiger partial charge is 0.445 e. The molecule has 1 saturated heterocycles. The van der Waals surface area contributed by atoms with Gasteiger partial charge in [-0.15, -0.1) is 0 Å². The Bertz CT molecular complexity index is 1230. The van der Waals surface area contributed by atoms with E-state index in [1.807, 2.05) is 60.5 Å². The molecule has 0 radical (unpaired) electrons. The SMILES string of the molecule is CC(C)(c1cc(-c2ccccc2)no1)N1CCN(C(=O)OCc2ccccc2)C(C(=O)NCC(F)(F)F)C1. The van der Waals surface area contributed by atoms with Crippen molar-refractivity contribution in [3.8, 4) is 11.3 Å². The van der Waals surface area contributed by atoms with E-state index in [9.17, 15) is 22.8 Å². The summed E-state index contributed by atoms with van der Waals surface area (Å²) in [5.74, 6) is -0.395. The van der Waals surface area contributed by atoms with Crippen LogP contribution in [0.2, 0.25) is 0 Å². The highest BCUT2D eigenvalue weighted by atomic mass is 19.4. The fraction of sp³-hybridized carbons (Fsp3) is 0.370. The van der Waals surface area contributed by atoms with Crippen molar-refractivity contribution in [3.63, 3.8) is 0 Å². The maximum Gasteiger partial charge on any atom is 0.410 e. The second-order valence-corrected chi connectivity index (χ2v) is 9.53. The van der Waals surface area contributed by atoms with E-state index in [0.717, 1.165) is 11.1 Å². The third-order valence-electron chi connectivity index (χ3n) is 6.56. The van der Waals surface area contributed by atoms with Crippen LogP contribution in [-0.4, -0.2) is 65.4 Å². The van der Waals surface area contributed by atoms with Crippen molar-refractivity contribution in [2.45, 2.75) is 38.2 Å². The molecule has 1 aliphatic heterocycles. The Morgan fingerprint density at radius 1 is 1.05 bits per heavy atom. The van der Waals surface area contributed by atoms with Gasteiger partial charge in [-0.1, -0.05) is 65.8 Å². The van der Waals surface area contributed by atoms with Crippen LogP contribution in [0.4, 0.5) is 18.0 Å². The van der Waals surface area contributed by atoms with Gasteiger partial charge in [0.2, 0.25) is 5.91 Å². The van der Waals surface area contributed by atoms with Crippen LogP contribution in [0.3, 0.4) is 0 Å². The summed E-state index contributed by atoms with van der Waals surface area (Å²) in [7, 11) is 0. The maximum absolute atomic E-state index is 12.9. The summed E-state index contributed by atoms with van der Waals surface area (Å²) < 4.78 is 49.5. The van der Waals surface area contributed by atoms with Crippen molar-refractivity contribution in [1.29, 1.82) is 0 Å². The molecule has 0 aliphatic carbocycles. The van der Waals surface area contributed by atoms with E-state index in [1.54, 1.807) is 30.3 Å². The van der Waals surface area contributed by atoms with Gasteiger partial charge in [-0.2, -0.15) is 13.2 Å². The smallest absolute Gasteiger partial charge is 0.410 e. The number of alkyl halides is 3. The first-order valence-electron chi connectivity index (χ1n) is 12.1. The van der Waals surface area contributed by atoms with Crippen LogP contribution in [-0.2, 0) is 21.7 Å². The van der Waals surface area contributed by atoms with E-state index in [2.05, 4.69) is 5.16 Å².